The second-order valence-electron chi connectivity index (χ2n) is 6.43. The fourth-order valence-corrected chi connectivity index (χ4v) is 2.93. The van der Waals surface area contributed by atoms with E-state index >= 15 is 0 Å². The number of aromatic nitrogens is 1. The molecule has 148 valence electrons. The third-order valence-electron chi connectivity index (χ3n) is 4.21. The van der Waals surface area contributed by atoms with Crippen LogP contribution in [-0.2, 0) is 6.54 Å². The minimum atomic E-state index is -4.15. The highest BCUT2D eigenvalue weighted by molar-refractivity contribution is 5.79. The lowest BCUT2D eigenvalue weighted by Crippen LogP contribution is -2.52. The van der Waals surface area contributed by atoms with E-state index in [0.29, 0.717) is 19.5 Å². The molecule has 26 heavy (non-hydrogen) atoms. The second-order valence-corrected chi connectivity index (χ2v) is 6.43. The molecule has 10 heteroatoms. The molecule has 0 radical (unpaired) electrons. The van der Waals surface area contributed by atoms with Gasteiger partial charge >= 0.3 is 6.18 Å². The zero-order chi connectivity index (χ0) is 19.0. The van der Waals surface area contributed by atoms with Crippen LogP contribution in [-0.4, -0.2) is 91.9 Å². The smallest absolute Gasteiger partial charge is 0.364 e. The third-order valence-corrected chi connectivity index (χ3v) is 4.21. The Morgan fingerprint density at radius 3 is 2.65 bits per heavy atom. The highest BCUT2D eigenvalue weighted by atomic mass is 19.4. The van der Waals surface area contributed by atoms with Crippen molar-refractivity contribution in [3.63, 3.8) is 0 Å². The predicted molar refractivity (Wildman–Crippen MR) is 92.9 cm³/mol. The highest BCUT2D eigenvalue weighted by Crippen LogP contribution is 2.15. The van der Waals surface area contributed by atoms with Crippen LogP contribution in [0.2, 0.25) is 0 Å². The number of aliphatic imine (C=N–C) groups is 1. The van der Waals surface area contributed by atoms with Gasteiger partial charge in [0.1, 0.15) is 6.26 Å². The summed E-state index contributed by atoms with van der Waals surface area (Å²) in [5, 5.41) is 7.17. The number of alkyl halides is 3. The van der Waals surface area contributed by atoms with Crippen molar-refractivity contribution in [3.8, 4) is 0 Å². The number of rotatable bonds is 7. The second kappa shape index (κ2) is 9.77. The molecule has 1 aliphatic heterocycles. The Balaban J connectivity index is 1.65. The Labute approximate surface area is 151 Å². The maximum absolute atomic E-state index is 12.3. The average Bonchev–Trinajstić information content (AvgIpc) is 3.07. The van der Waals surface area contributed by atoms with Gasteiger partial charge in [-0.2, -0.15) is 13.2 Å². The summed E-state index contributed by atoms with van der Waals surface area (Å²) in [6.45, 7) is 4.32. The van der Waals surface area contributed by atoms with E-state index in [-0.39, 0.29) is 0 Å². The lowest BCUT2D eigenvalue weighted by atomic mass is 10.3. The number of hydrogen-bond acceptors (Lipinski definition) is 5. The Morgan fingerprint density at radius 1 is 1.35 bits per heavy atom. The van der Waals surface area contributed by atoms with Crippen LogP contribution in [0.1, 0.15) is 12.1 Å². The van der Waals surface area contributed by atoms with Gasteiger partial charge in [0.15, 0.2) is 5.96 Å². The monoisotopic (exact) mass is 376 g/mol. The Hall–Kier alpha value is -1.81. The molecule has 1 N–H and O–H groups in total. The largest absolute Gasteiger partial charge is 0.401 e. The fourth-order valence-electron chi connectivity index (χ4n) is 2.93. The minimum Gasteiger partial charge on any atom is -0.364 e. The van der Waals surface area contributed by atoms with Gasteiger partial charge in [-0.25, -0.2) is 0 Å². The van der Waals surface area contributed by atoms with Crippen molar-refractivity contribution in [3.05, 3.63) is 18.0 Å². The molecular weight excluding hydrogens is 349 g/mol. The first-order valence-electron chi connectivity index (χ1n) is 8.70. The van der Waals surface area contributed by atoms with E-state index in [0.717, 1.165) is 44.4 Å². The van der Waals surface area contributed by atoms with Gasteiger partial charge in [0.05, 0.1) is 12.2 Å². The van der Waals surface area contributed by atoms with Crippen molar-refractivity contribution in [2.75, 3.05) is 59.9 Å². The molecule has 0 unspecified atom stereocenters. The summed E-state index contributed by atoms with van der Waals surface area (Å²) in [7, 11) is 3.20. The maximum atomic E-state index is 12.3. The van der Waals surface area contributed by atoms with Crippen molar-refractivity contribution in [1.29, 1.82) is 0 Å². The first-order valence-corrected chi connectivity index (χ1v) is 8.70. The van der Waals surface area contributed by atoms with Crippen LogP contribution in [0.15, 0.2) is 21.8 Å². The molecule has 1 saturated heterocycles. The number of halogens is 3. The van der Waals surface area contributed by atoms with Crippen LogP contribution in [0.4, 0.5) is 13.2 Å². The summed E-state index contributed by atoms with van der Waals surface area (Å²) < 4.78 is 41.7. The molecule has 1 fully saturated rings. The van der Waals surface area contributed by atoms with E-state index < -0.39 is 12.7 Å². The molecule has 7 nitrogen and oxygen atoms in total. The molecule has 0 bridgehead atoms. The van der Waals surface area contributed by atoms with Crippen LogP contribution < -0.4 is 5.32 Å². The van der Waals surface area contributed by atoms with Crippen LogP contribution in [0.3, 0.4) is 0 Å². The van der Waals surface area contributed by atoms with Gasteiger partial charge in [0, 0.05) is 52.4 Å². The number of nitrogens with one attached hydrogen (secondary N) is 1. The van der Waals surface area contributed by atoms with Gasteiger partial charge in [0.2, 0.25) is 0 Å². The van der Waals surface area contributed by atoms with Crippen molar-refractivity contribution < 1.29 is 17.7 Å². The number of piperazine rings is 1. The summed E-state index contributed by atoms with van der Waals surface area (Å²) in [6.07, 6.45) is -1.95. The van der Waals surface area contributed by atoms with E-state index in [2.05, 4.69) is 25.3 Å². The normalized spacial score (nSPS) is 17.2. The van der Waals surface area contributed by atoms with E-state index in [9.17, 15) is 13.2 Å². The van der Waals surface area contributed by atoms with Crippen molar-refractivity contribution >= 4 is 5.96 Å². The summed E-state index contributed by atoms with van der Waals surface area (Å²) in [5.74, 6) is 0.796. The van der Waals surface area contributed by atoms with Crippen LogP contribution >= 0.6 is 0 Å². The van der Waals surface area contributed by atoms with Gasteiger partial charge in [-0.15, -0.1) is 0 Å². The summed E-state index contributed by atoms with van der Waals surface area (Å²) >= 11 is 0. The van der Waals surface area contributed by atoms with Crippen LogP contribution in [0, 0.1) is 0 Å². The first kappa shape index (κ1) is 20.5. The van der Waals surface area contributed by atoms with Crippen LogP contribution in [0.5, 0.6) is 0 Å². The van der Waals surface area contributed by atoms with E-state index in [1.807, 2.05) is 6.07 Å². The van der Waals surface area contributed by atoms with E-state index in [4.69, 9.17) is 4.52 Å². The van der Waals surface area contributed by atoms with Gasteiger partial charge < -0.3 is 14.7 Å². The average molecular weight is 376 g/mol. The zero-order valence-corrected chi connectivity index (χ0v) is 15.3. The molecule has 0 amide bonds. The van der Waals surface area contributed by atoms with Gasteiger partial charge in [-0.3, -0.25) is 14.8 Å². The van der Waals surface area contributed by atoms with Gasteiger partial charge in [0.25, 0.3) is 0 Å². The predicted octanol–water partition coefficient (Wildman–Crippen LogP) is 1.25. The molecule has 2 heterocycles. The van der Waals surface area contributed by atoms with E-state index in [1.165, 1.54) is 11.9 Å². The lowest BCUT2D eigenvalue weighted by molar-refractivity contribution is -0.143. The SMILES string of the molecule is CN=C(NCCCN(C)CC(F)(F)F)N1CCN(Cc2ccon2)CC1. The van der Waals surface area contributed by atoms with Gasteiger partial charge in [-0.05, 0) is 20.0 Å². The highest BCUT2D eigenvalue weighted by Gasteiger charge is 2.28. The molecular formula is C16H27F3N6O. The zero-order valence-electron chi connectivity index (χ0n) is 15.3. The Morgan fingerprint density at radius 2 is 2.08 bits per heavy atom. The summed E-state index contributed by atoms with van der Waals surface area (Å²) in [6, 6.07) is 1.86. The number of hydrogen-bond donors (Lipinski definition) is 1. The van der Waals surface area contributed by atoms with Crippen molar-refractivity contribution in [1.82, 2.24) is 25.2 Å². The molecule has 0 aromatic carbocycles. The Bertz CT molecular complexity index is 541. The third kappa shape index (κ3) is 7.20. The quantitative estimate of drug-likeness (QED) is 0.439. The topological polar surface area (TPSA) is 60.1 Å². The minimum absolute atomic E-state index is 0.384. The molecule has 1 aliphatic rings. The molecule has 1 aromatic rings. The van der Waals surface area contributed by atoms with Crippen molar-refractivity contribution in [2.24, 2.45) is 4.99 Å². The first-order chi connectivity index (χ1) is 12.4. The summed E-state index contributed by atoms with van der Waals surface area (Å²) in [5.41, 5.74) is 0.920. The lowest BCUT2D eigenvalue weighted by Gasteiger charge is -2.36. The van der Waals surface area contributed by atoms with E-state index in [1.54, 1.807) is 13.3 Å². The summed E-state index contributed by atoms with van der Waals surface area (Å²) in [4.78, 5) is 10.0. The fraction of sp³-hybridized carbons (Fsp3) is 0.750. The number of nitrogens with zero attached hydrogens (tertiary/aromatic N) is 5. The molecule has 0 aliphatic carbocycles. The molecule has 0 saturated carbocycles. The number of guanidine groups is 1. The molecule has 0 atom stereocenters. The van der Waals surface area contributed by atoms with Gasteiger partial charge in [-0.1, -0.05) is 5.16 Å². The molecule has 0 spiro atoms. The maximum Gasteiger partial charge on any atom is 0.401 e. The molecule has 2 rings (SSSR count). The van der Waals surface area contributed by atoms with Crippen LogP contribution in [0.25, 0.3) is 0 Å². The standard InChI is InChI=1S/C16H27F3N6O/c1-20-15(21-5-3-6-23(2)13-16(17,18)19)25-9-7-24(8-10-25)12-14-4-11-26-22-14/h4,11H,3,5-10,12-13H2,1-2H3,(H,20,21). The van der Waals surface area contributed by atoms with Crippen molar-refractivity contribution in [2.45, 2.75) is 19.1 Å². The Kier molecular flexibility index (Phi) is 7.70. The molecule has 1 aromatic heterocycles.